The minimum absolute atomic E-state index is 0.453. The summed E-state index contributed by atoms with van der Waals surface area (Å²) in [6.45, 7) is 10.6. The van der Waals surface area contributed by atoms with Crippen LogP contribution in [-0.4, -0.2) is 12.1 Å². The molecule has 0 amide bonds. The van der Waals surface area contributed by atoms with Crippen LogP contribution in [0.2, 0.25) is 0 Å². The van der Waals surface area contributed by atoms with Crippen LogP contribution in [0.4, 0.5) is 0 Å². The van der Waals surface area contributed by atoms with Crippen LogP contribution in [0, 0.1) is 11.8 Å². The zero-order valence-corrected chi connectivity index (χ0v) is 8.98. The van der Waals surface area contributed by atoms with Gasteiger partial charge >= 0.3 is 0 Å². The Balaban J connectivity index is 2.71. The lowest BCUT2D eigenvalue weighted by atomic mass is 9.74. The summed E-state index contributed by atoms with van der Waals surface area (Å²) < 4.78 is 0. The lowest BCUT2D eigenvalue weighted by Gasteiger charge is -2.39. The Morgan fingerprint density at radius 2 is 2.00 bits per heavy atom. The third-order valence-electron chi connectivity index (χ3n) is 3.74. The highest BCUT2D eigenvalue weighted by molar-refractivity contribution is 4.98. The fourth-order valence-electron chi connectivity index (χ4n) is 2.64. The number of nitrogens with one attached hydrogen (secondary N) is 1. The van der Waals surface area contributed by atoms with Crippen molar-refractivity contribution in [2.45, 2.75) is 52.5 Å². The Bertz CT molecular complexity index is 134. The van der Waals surface area contributed by atoms with Crippen LogP contribution in [0.5, 0.6) is 0 Å². The first-order chi connectivity index (χ1) is 5.63. The van der Waals surface area contributed by atoms with Gasteiger partial charge in [-0.1, -0.05) is 34.1 Å². The van der Waals surface area contributed by atoms with E-state index in [0.717, 1.165) is 11.8 Å². The highest BCUT2D eigenvalue weighted by Crippen LogP contribution is 2.36. The van der Waals surface area contributed by atoms with Crippen molar-refractivity contribution in [3.05, 3.63) is 0 Å². The third-order valence-corrected chi connectivity index (χ3v) is 3.74. The average Bonchev–Trinajstić information content (AvgIpc) is 2.52. The predicted octanol–water partition coefficient (Wildman–Crippen LogP) is 2.81. The average molecular weight is 169 g/mol. The molecule has 1 N–H and O–H groups in total. The van der Waals surface area contributed by atoms with Gasteiger partial charge in [0.1, 0.15) is 0 Å². The highest BCUT2D eigenvalue weighted by Gasteiger charge is 2.40. The van der Waals surface area contributed by atoms with E-state index in [1.54, 1.807) is 0 Å². The van der Waals surface area contributed by atoms with Gasteiger partial charge in [0.25, 0.3) is 0 Å². The van der Waals surface area contributed by atoms with Gasteiger partial charge in [0.05, 0.1) is 0 Å². The van der Waals surface area contributed by atoms with Crippen molar-refractivity contribution in [1.29, 1.82) is 0 Å². The summed E-state index contributed by atoms with van der Waals surface area (Å²) in [5.41, 5.74) is 0.453. The van der Waals surface area contributed by atoms with Crippen LogP contribution >= 0.6 is 0 Å². The topological polar surface area (TPSA) is 12.0 Å². The van der Waals surface area contributed by atoms with E-state index >= 15 is 0 Å². The van der Waals surface area contributed by atoms with Gasteiger partial charge in [0, 0.05) is 5.54 Å². The normalized spacial score (nSPS) is 32.8. The summed E-state index contributed by atoms with van der Waals surface area (Å²) in [7, 11) is 0. The smallest absolute Gasteiger partial charge is 0.0230 e. The quantitative estimate of drug-likeness (QED) is 0.685. The molecule has 0 aromatic carbocycles. The Labute approximate surface area is 76.9 Å². The van der Waals surface area contributed by atoms with Gasteiger partial charge in [-0.25, -0.2) is 0 Å². The maximum atomic E-state index is 3.72. The van der Waals surface area contributed by atoms with E-state index in [9.17, 15) is 0 Å². The second-order valence-corrected chi connectivity index (χ2v) is 4.53. The van der Waals surface area contributed by atoms with Gasteiger partial charge in [-0.3, -0.25) is 0 Å². The lowest BCUT2D eigenvalue weighted by Crippen LogP contribution is -2.50. The fraction of sp³-hybridized carbons (Fsp3) is 1.00. The van der Waals surface area contributed by atoms with Crippen molar-refractivity contribution < 1.29 is 0 Å². The number of rotatable bonds is 3. The standard InChI is InChI=1S/C11H23N/c1-5-10(4)11(9(2)3)7-6-8-12-11/h9-10,12H,5-8H2,1-4H3. The number of hydrogen-bond donors (Lipinski definition) is 1. The summed E-state index contributed by atoms with van der Waals surface area (Å²) in [6, 6.07) is 0. The van der Waals surface area contributed by atoms with Gasteiger partial charge in [-0.2, -0.15) is 0 Å². The van der Waals surface area contributed by atoms with Crippen molar-refractivity contribution in [2.24, 2.45) is 11.8 Å². The molecule has 1 nitrogen and oxygen atoms in total. The van der Waals surface area contributed by atoms with Crippen molar-refractivity contribution in [1.82, 2.24) is 5.32 Å². The molecule has 1 heteroatoms. The SMILES string of the molecule is CCC(C)C1(C(C)C)CCCN1. The molecule has 1 aliphatic rings. The van der Waals surface area contributed by atoms with Crippen LogP contribution in [0.1, 0.15) is 47.0 Å². The fourth-order valence-corrected chi connectivity index (χ4v) is 2.64. The zero-order valence-electron chi connectivity index (χ0n) is 8.98. The molecule has 2 unspecified atom stereocenters. The molecule has 0 spiro atoms. The molecule has 1 rings (SSSR count). The summed E-state index contributed by atoms with van der Waals surface area (Å²) in [4.78, 5) is 0. The van der Waals surface area contributed by atoms with E-state index in [4.69, 9.17) is 0 Å². The summed E-state index contributed by atoms with van der Waals surface area (Å²) in [6.07, 6.45) is 4.04. The van der Waals surface area contributed by atoms with E-state index < -0.39 is 0 Å². The molecule has 72 valence electrons. The van der Waals surface area contributed by atoms with Crippen molar-refractivity contribution in [3.8, 4) is 0 Å². The molecule has 0 saturated carbocycles. The van der Waals surface area contributed by atoms with E-state index in [2.05, 4.69) is 33.0 Å². The van der Waals surface area contributed by atoms with Crippen molar-refractivity contribution in [3.63, 3.8) is 0 Å². The molecule has 1 aliphatic heterocycles. The van der Waals surface area contributed by atoms with E-state index in [1.165, 1.54) is 25.8 Å². The van der Waals surface area contributed by atoms with E-state index in [0.29, 0.717) is 5.54 Å². The second kappa shape index (κ2) is 3.78. The van der Waals surface area contributed by atoms with E-state index in [-0.39, 0.29) is 0 Å². The van der Waals surface area contributed by atoms with Crippen LogP contribution < -0.4 is 5.32 Å². The Kier molecular flexibility index (Phi) is 3.16. The van der Waals surface area contributed by atoms with Crippen LogP contribution in [0.15, 0.2) is 0 Å². The Hall–Kier alpha value is -0.0400. The minimum Gasteiger partial charge on any atom is -0.311 e. The monoisotopic (exact) mass is 169 g/mol. The minimum atomic E-state index is 0.453. The first kappa shape index (κ1) is 10.0. The first-order valence-corrected chi connectivity index (χ1v) is 5.38. The Morgan fingerprint density at radius 1 is 1.33 bits per heavy atom. The molecule has 1 heterocycles. The third kappa shape index (κ3) is 1.52. The Morgan fingerprint density at radius 3 is 2.33 bits per heavy atom. The maximum absolute atomic E-state index is 3.72. The summed E-state index contributed by atoms with van der Waals surface area (Å²) >= 11 is 0. The molecule has 0 aromatic heterocycles. The van der Waals surface area contributed by atoms with Gasteiger partial charge in [-0.05, 0) is 31.2 Å². The van der Waals surface area contributed by atoms with Crippen LogP contribution in [0.25, 0.3) is 0 Å². The molecule has 12 heavy (non-hydrogen) atoms. The maximum Gasteiger partial charge on any atom is 0.0230 e. The van der Waals surface area contributed by atoms with Crippen LogP contribution in [0.3, 0.4) is 0 Å². The molecule has 0 bridgehead atoms. The molecular weight excluding hydrogens is 146 g/mol. The first-order valence-electron chi connectivity index (χ1n) is 5.38. The van der Waals surface area contributed by atoms with Crippen molar-refractivity contribution >= 4 is 0 Å². The molecule has 0 aliphatic carbocycles. The molecule has 1 saturated heterocycles. The molecule has 2 atom stereocenters. The predicted molar refractivity (Wildman–Crippen MR) is 54.3 cm³/mol. The second-order valence-electron chi connectivity index (χ2n) is 4.53. The molecule has 1 fully saturated rings. The zero-order chi connectivity index (χ0) is 9.19. The summed E-state index contributed by atoms with van der Waals surface area (Å²) in [5, 5.41) is 3.72. The molecular formula is C11H23N. The van der Waals surface area contributed by atoms with Gasteiger partial charge in [0.15, 0.2) is 0 Å². The highest BCUT2D eigenvalue weighted by atomic mass is 15.0. The van der Waals surface area contributed by atoms with Gasteiger partial charge in [0.2, 0.25) is 0 Å². The van der Waals surface area contributed by atoms with Crippen molar-refractivity contribution in [2.75, 3.05) is 6.54 Å². The van der Waals surface area contributed by atoms with Gasteiger partial charge in [-0.15, -0.1) is 0 Å². The largest absolute Gasteiger partial charge is 0.311 e. The number of hydrogen-bond acceptors (Lipinski definition) is 1. The molecule has 0 aromatic rings. The van der Waals surface area contributed by atoms with Crippen LogP contribution in [-0.2, 0) is 0 Å². The summed E-state index contributed by atoms with van der Waals surface area (Å²) in [5.74, 6) is 1.59. The lowest BCUT2D eigenvalue weighted by molar-refractivity contribution is 0.175. The molecule has 0 radical (unpaired) electrons. The van der Waals surface area contributed by atoms with Gasteiger partial charge < -0.3 is 5.32 Å². The van der Waals surface area contributed by atoms with E-state index in [1.807, 2.05) is 0 Å².